The summed E-state index contributed by atoms with van der Waals surface area (Å²) in [6.45, 7) is 24.6. The van der Waals surface area contributed by atoms with E-state index in [-0.39, 0.29) is 26.5 Å². The Morgan fingerprint density at radius 2 is 1.46 bits per heavy atom. The van der Waals surface area contributed by atoms with Crippen molar-refractivity contribution in [2.45, 2.75) is 113 Å². The largest absolute Gasteiger partial charge is 0.509 e. The number of aromatic nitrogens is 3. The molecule has 5 heteroatoms. The Labute approximate surface area is 349 Å². The Hall–Kier alpha value is -4.40. The molecule has 0 saturated carbocycles. The van der Waals surface area contributed by atoms with E-state index >= 15 is 0 Å². The molecule has 0 N–H and O–H groups in total. The standard InChI is InChI=1S/C51H56N3O.Pt/c1-12-37-25-33(5)26-38(13-2)50(37)49-35(7)52-54(36(49)8)42-28-40(51(9,10)11)29-44(30-42)55-43-23-24-46-45-19-14-15-20-47(45)53(48(46)31-43)41-18-16-17-39(27-41)34(6)22-21-32(3)4;/h14-17,19-20,23-29,32,34H,12-13,21-22H2,1-11H3;/q-3;. The Bertz CT molecular complexity index is 2480. The Morgan fingerprint density at radius 3 is 2.14 bits per heavy atom. The molecule has 1 atom stereocenters. The molecule has 2 heterocycles. The quantitative estimate of drug-likeness (QED) is 0.121. The minimum absolute atomic E-state index is 0. The summed E-state index contributed by atoms with van der Waals surface area (Å²) in [4.78, 5) is 0. The summed E-state index contributed by atoms with van der Waals surface area (Å²) in [5.74, 6) is 2.43. The first kappa shape index (κ1) is 41.2. The third-order valence-electron chi connectivity index (χ3n) is 11.2. The molecule has 7 aromatic rings. The van der Waals surface area contributed by atoms with Gasteiger partial charge in [-0.05, 0) is 91.1 Å². The molecular weight excluding hydrogens is 866 g/mol. The van der Waals surface area contributed by atoms with E-state index in [1.165, 1.54) is 45.2 Å². The van der Waals surface area contributed by atoms with Crippen molar-refractivity contribution in [3.05, 3.63) is 136 Å². The van der Waals surface area contributed by atoms with Crippen LogP contribution in [0.15, 0.2) is 78.9 Å². The monoisotopic (exact) mass is 921 g/mol. The summed E-state index contributed by atoms with van der Waals surface area (Å²) in [6, 6.07) is 39.2. The third kappa shape index (κ3) is 8.05. The second-order valence-electron chi connectivity index (χ2n) is 16.9. The maximum Gasteiger partial charge on any atom is 0.0678 e. The number of ether oxygens (including phenoxy) is 1. The zero-order chi connectivity index (χ0) is 39.2. The number of aryl methyl sites for hydroxylation is 4. The minimum atomic E-state index is -0.129. The Kier molecular flexibility index (Phi) is 12.2. The smallest absolute Gasteiger partial charge is 0.0678 e. The van der Waals surface area contributed by atoms with Gasteiger partial charge in [0.25, 0.3) is 0 Å². The van der Waals surface area contributed by atoms with E-state index in [0.717, 1.165) is 64.0 Å². The molecule has 0 spiro atoms. The molecule has 7 rings (SSSR count). The molecule has 0 saturated heterocycles. The van der Waals surface area contributed by atoms with Gasteiger partial charge < -0.3 is 9.30 Å². The molecule has 0 amide bonds. The van der Waals surface area contributed by atoms with Crippen molar-refractivity contribution in [1.82, 2.24) is 14.3 Å². The van der Waals surface area contributed by atoms with Gasteiger partial charge >= 0.3 is 0 Å². The molecule has 4 nitrogen and oxygen atoms in total. The van der Waals surface area contributed by atoms with Gasteiger partial charge in [0.2, 0.25) is 0 Å². The molecule has 0 aliphatic carbocycles. The average molecular weight is 922 g/mol. The maximum absolute atomic E-state index is 6.76. The molecular formula is C51H56N3OPt-3. The number of hydrogen-bond acceptors (Lipinski definition) is 2. The van der Waals surface area contributed by atoms with Gasteiger partial charge in [0.1, 0.15) is 0 Å². The fourth-order valence-corrected chi connectivity index (χ4v) is 8.15. The van der Waals surface area contributed by atoms with Crippen LogP contribution in [0.4, 0.5) is 0 Å². The van der Waals surface area contributed by atoms with Gasteiger partial charge in [-0.1, -0.05) is 109 Å². The average Bonchev–Trinajstić information content (AvgIpc) is 3.65. The summed E-state index contributed by atoms with van der Waals surface area (Å²) < 4.78 is 11.1. The van der Waals surface area contributed by atoms with Crippen LogP contribution < -0.4 is 4.74 Å². The van der Waals surface area contributed by atoms with Crippen LogP contribution in [0.2, 0.25) is 0 Å². The second kappa shape index (κ2) is 16.6. The van der Waals surface area contributed by atoms with E-state index in [4.69, 9.17) is 9.84 Å². The topological polar surface area (TPSA) is 32.0 Å². The molecule has 56 heavy (non-hydrogen) atoms. The fraction of sp³-hybridized carbons (Fsp3) is 0.353. The molecule has 0 fully saturated rings. The van der Waals surface area contributed by atoms with Crippen LogP contribution in [-0.2, 0) is 39.3 Å². The van der Waals surface area contributed by atoms with Crippen LogP contribution in [0.3, 0.4) is 0 Å². The summed E-state index contributed by atoms with van der Waals surface area (Å²) >= 11 is 0. The first-order valence-corrected chi connectivity index (χ1v) is 20.2. The van der Waals surface area contributed by atoms with Gasteiger partial charge in [0.15, 0.2) is 0 Å². The van der Waals surface area contributed by atoms with E-state index in [9.17, 15) is 0 Å². The SMILES string of the molecule is CCc1cc(C)cc(CC)c1-c1c(C)nn(-c2[c-]c(Oc3[c-]c4c(cc3)c3ccccc3n4-c3[c-]ccc(C(C)CCC(C)C)c3)cc(C(C)(C)C)c2)c1C.[Pt]. The molecule has 294 valence electrons. The van der Waals surface area contributed by atoms with Crippen molar-refractivity contribution in [2.24, 2.45) is 5.92 Å². The Morgan fingerprint density at radius 1 is 0.750 bits per heavy atom. The number of nitrogens with zero attached hydrogens (tertiary/aromatic N) is 3. The second-order valence-corrected chi connectivity index (χ2v) is 16.9. The van der Waals surface area contributed by atoms with E-state index < -0.39 is 0 Å². The van der Waals surface area contributed by atoms with Gasteiger partial charge in [0.05, 0.1) is 5.69 Å². The number of benzene rings is 5. The van der Waals surface area contributed by atoms with Crippen LogP contribution in [0, 0.1) is 44.9 Å². The Balaban J connectivity index is 0.00000532. The van der Waals surface area contributed by atoms with Crippen LogP contribution >= 0.6 is 0 Å². The number of fused-ring (bicyclic) bond motifs is 3. The number of para-hydroxylation sites is 1. The van der Waals surface area contributed by atoms with Gasteiger partial charge in [-0.25, -0.2) is 0 Å². The van der Waals surface area contributed by atoms with Crippen LogP contribution in [0.25, 0.3) is 44.3 Å². The summed E-state index contributed by atoms with van der Waals surface area (Å²) in [5, 5.41) is 7.48. The predicted molar refractivity (Wildman–Crippen MR) is 231 cm³/mol. The third-order valence-corrected chi connectivity index (χ3v) is 11.2. The zero-order valence-corrected chi connectivity index (χ0v) is 37.3. The zero-order valence-electron chi connectivity index (χ0n) is 35.1. The predicted octanol–water partition coefficient (Wildman–Crippen LogP) is 13.7. The van der Waals surface area contributed by atoms with Crippen molar-refractivity contribution in [3.8, 4) is 34.0 Å². The van der Waals surface area contributed by atoms with Crippen LogP contribution in [-0.4, -0.2) is 14.3 Å². The number of rotatable bonds is 11. The normalized spacial score (nSPS) is 12.4. The molecule has 2 aromatic heterocycles. The summed E-state index contributed by atoms with van der Waals surface area (Å²) in [5.41, 5.74) is 15.0. The maximum atomic E-state index is 6.76. The van der Waals surface area contributed by atoms with Crippen LogP contribution in [0.1, 0.15) is 113 Å². The van der Waals surface area contributed by atoms with E-state index in [2.05, 4.69) is 176 Å². The van der Waals surface area contributed by atoms with Crippen molar-refractivity contribution < 1.29 is 25.8 Å². The molecule has 0 bridgehead atoms. The molecule has 5 aromatic carbocycles. The fourth-order valence-electron chi connectivity index (χ4n) is 8.15. The van der Waals surface area contributed by atoms with Gasteiger partial charge in [-0.2, -0.15) is 34.9 Å². The van der Waals surface area contributed by atoms with E-state index in [1.54, 1.807) is 0 Å². The first-order chi connectivity index (χ1) is 26.3. The van der Waals surface area contributed by atoms with Gasteiger partial charge in [-0.15, -0.1) is 47.3 Å². The van der Waals surface area contributed by atoms with Gasteiger partial charge in [0, 0.05) is 49.3 Å². The van der Waals surface area contributed by atoms with Crippen molar-refractivity contribution in [2.75, 3.05) is 0 Å². The minimum Gasteiger partial charge on any atom is -0.509 e. The van der Waals surface area contributed by atoms with Gasteiger partial charge in [-0.3, -0.25) is 4.68 Å². The van der Waals surface area contributed by atoms with E-state index in [0.29, 0.717) is 23.3 Å². The van der Waals surface area contributed by atoms with Crippen molar-refractivity contribution in [3.63, 3.8) is 0 Å². The summed E-state index contributed by atoms with van der Waals surface area (Å²) in [7, 11) is 0. The molecule has 0 aliphatic heterocycles. The summed E-state index contributed by atoms with van der Waals surface area (Å²) in [6.07, 6.45) is 4.31. The van der Waals surface area contributed by atoms with Crippen molar-refractivity contribution >= 4 is 21.8 Å². The molecule has 1 unspecified atom stereocenters. The first-order valence-electron chi connectivity index (χ1n) is 20.2. The number of hydrogen-bond donors (Lipinski definition) is 0. The van der Waals surface area contributed by atoms with E-state index in [1.807, 2.05) is 6.07 Å². The molecule has 0 radical (unpaired) electrons. The van der Waals surface area contributed by atoms with Crippen LogP contribution in [0.5, 0.6) is 11.5 Å². The van der Waals surface area contributed by atoms with Crippen molar-refractivity contribution in [1.29, 1.82) is 0 Å². The molecule has 0 aliphatic rings.